The van der Waals surface area contributed by atoms with Crippen LogP contribution in [0.3, 0.4) is 0 Å². The van der Waals surface area contributed by atoms with Crippen molar-refractivity contribution >= 4 is 6.09 Å². The van der Waals surface area contributed by atoms with Crippen LogP contribution >= 0.6 is 0 Å². The van der Waals surface area contributed by atoms with E-state index in [0.29, 0.717) is 36.2 Å². The SMILES string of the molecule is Cc1ccc(OC(=O)N2CCC(c3nc(-c4ccccc4)no3)CC2)c(C)n1. The van der Waals surface area contributed by atoms with E-state index in [-0.39, 0.29) is 12.0 Å². The molecule has 3 heterocycles. The molecule has 0 radical (unpaired) electrons. The van der Waals surface area contributed by atoms with Gasteiger partial charge in [-0.3, -0.25) is 4.98 Å². The highest BCUT2D eigenvalue weighted by molar-refractivity contribution is 5.71. The summed E-state index contributed by atoms with van der Waals surface area (Å²) in [6, 6.07) is 13.4. The lowest BCUT2D eigenvalue weighted by Gasteiger charge is -2.29. The summed E-state index contributed by atoms with van der Waals surface area (Å²) in [5.74, 6) is 1.88. The molecule has 1 fully saturated rings. The first kappa shape index (κ1) is 18.2. The van der Waals surface area contributed by atoms with Gasteiger partial charge < -0.3 is 14.2 Å². The molecule has 28 heavy (non-hydrogen) atoms. The fourth-order valence-electron chi connectivity index (χ4n) is 3.35. The summed E-state index contributed by atoms with van der Waals surface area (Å²) in [7, 11) is 0. The molecule has 1 aliphatic heterocycles. The molecular formula is C21H22N4O3. The van der Waals surface area contributed by atoms with E-state index in [4.69, 9.17) is 9.26 Å². The zero-order chi connectivity index (χ0) is 19.5. The van der Waals surface area contributed by atoms with Gasteiger partial charge in [0.15, 0.2) is 5.75 Å². The van der Waals surface area contributed by atoms with Crippen LogP contribution in [-0.2, 0) is 0 Å². The van der Waals surface area contributed by atoms with Crippen LogP contribution in [0, 0.1) is 13.8 Å². The number of likely N-dealkylation sites (tertiary alicyclic amines) is 1. The zero-order valence-corrected chi connectivity index (χ0v) is 16.0. The van der Waals surface area contributed by atoms with Gasteiger partial charge in [0.2, 0.25) is 11.7 Å². The Morgan fingerprint density at radius 1 is 1.07 bits per heavy atom. The van der Waals surface area contributed by atoms with Gasteiger partial charge in [0.25, 0.3) is 0 Å². The summed E-state index contributed by atoms with van der Waals surface area (Å²) in [6.07, 6.45) is 1.18. The van der Waals surface area contributed by atoms with Crippen LogP contribution in [-0.4, -0.2) is 39.2 Å². The number of aromatic nitrogens is 3. The second-order valence-corrected chi connectivity index (χ2v) is 6.99. The van der Waals surface area contributed by atoms with Gasteiger partial charge in [0.05, 0.1) is 5.69 Å². The summed E-state index contributed by atoms with van der Waals surface area (Å²) in [5.41, 5.74) is 2.54. The topological polar surface area (TPSA) is 81.4 Å². The molecule has 4 rings (SSSR count). The molecular weight excluding hydrogens is 356 g/mol. The van der Waals surface area contributed by atoms with Crippen molar-refractivity contribution in [2.24, 2.45) is 0 Å². The van der Waals surface area contributed by atoms with Gasteiger partial charge in [0, 0.05) is 30.3 Å². The Hall–Kier alpha value is -3.22. The predicted octanol–water partition coefficient (Wildman–Crippen LogP) is 4.13. The molecule has 0 saturated carbocycles. The van der Waals surface area contributed by atoms with Gasteiger partial charge in [-0.2, -0.15) is 4.98 Å². The van der Waals surface area contributed by atoms with Gasteiger partial charge in [-0.05, 0) is 38.8 Å². The summed E-state index contributed by atoms with van der Waals surface area (Å²) in [4.78, 5) is 23.0. The smallest absolute Gasteiger partial charge is 0.408 e. The fraction of sp³-hybridized carbons (Fsp3) is 0.333. The van der Waals surface area contributed by atoms with E-state index in [1.807, 2.05) is 50.2 Å². The molecule has 7 nitrogen and oxygen atoms in total. The van der Waals surface area contributed by atoms with Crippen molar-refractivity contribution in [2.75, 3.05) is 13.1 Å². The van der Waals surface area contributed by atoms with Crippen molar-refractivity contribution in [2.45, 2.75) is 32.6 Å². The zero-order valence-electron chi connectivity index (χ0n) is 16.0. The third-order valence-corrected chi connectivity index (χ3v) is 4.95. The number of amides is 1. The highest BCUT2D eigenvalue weighted by Crippen LogP contribution is 2.29. The van der Waals surface area contributed by atoms with Crippen molar-refractivity contribution in [3.8, 4) is 17.1 Å². The summed E-state index contributed by atoms with van der Waals surface area (Å²) in [6.45, 7) is 4.92. The van der Waals surface area contributed by atoms with Gasteiger partial charge >= 0.3 is 6.09 Å². The van der Waals surface area contributed by atoms with Crippen LogP contribution in [0.2, 0.25) is 0 Å². The predicted molar refractivity (Wildman–Crippen MR) is 103 cm³/mol. The molecule has 0 atom stereocenters. The molecule has 0 spiro atoms. The minimum Gasteiger partial charge on any atom is -0.408 e. The number of ether oxygens (including phenoxy) is 1. The lowest BCUT2D eigenvalue weighted by atomic mass is 9.97. The first-order valence-corrected chi connectivity index (χ1v) is 9.40. The molecule has 0 bridgehead atoms. The largest absolute Gasteiger partial charge is 0.415 e. The molecule has 1 aromatic carbocycles. The van der Waals surface area contributed by atoms with E-state index in [0.717, 1.165) is 24.1 Å². The Morgan fingerprint density at radius 3 is 2.54 bits per heavy atom. The Bertz CT molecular complexity index is 963. The fourth-order valence-corrected chi connectivity index (χ4v) is 3.35. The molecule has 1 aliphatic rings. The van der Waals surface area contributed by atoms with E-state index in [2.05, 4.69) is 15.1 Å². The Labute approximate surface area is 163 Å². The first-order valence-electron chi connectivity index (χ1n) is 9.40. The highest BCUT2D eigenvalue weighted by atomic mass is 16.6. The minimum atomic E-state index is -0.345. The van der Waals surface area contributed by atoms with Gasteiger partial charge in [0.1, 0.15) is 0 Å². The number of rotatable bonds is 3. The number of carbonyl (C=O) groups is 1. The second kappa shape index (κ2) is 7.80. The van der Waals surface area contributed by atoms with Crippen LogP contribution in [0.5, 0.6) is 5.75 Å². The number of carbonyl (C=O) groups excluding carboxylic acids is 1. The third-order valence-electron chi connectivity index (χ3n) is 4.95. The van der Waals surface area contributed by atoms with Crippen LogP contribution in [0.15, 0.2) is 47.0 Å². The van der Waals surface area contributed by atoms with Crippen molar-refractivity contribution in [3.05, 3.63) is 59.7 Å². The van der Waals surface area contributed by atoms with E-state index in [1.54, 1.807) is 11.0 Å². The number of aryl methyl sites for hydroxylation is 2. The monoisotopic (exact) mass is 378 g/mol. The van der Waals surface area contributed by atoms with Crippen LogP contribution in [0.25, 0.3) is 11.4 Å². The Kier molecular flexibility index (Phi) is 5.06. The second-order valence-electron chi connectivity index (χ2n) is 6.99. The number of hydrogen-bond donors (Lipinski definition) is 0. The Morgan fingerprint density at radius 2 is 1.82 bits per heavy atom. The highest BCUT2D eigenvalue weighted by Gasteiger charge is 2.28. The lowest BCUT2D eigenvalue weighted by molar-refractivity contribution is 0.134. The van der Waals surface area contributed by atoms with Gasteiger partial charge in [-0.1, -0.05) is 35.5 Å². The third kappa shape index (κ3) is 3.88. The van der Waals surface area contributed by atoms with E-state index in [1.165, 1.54) is 0 Å². The lowest BCUT2D eigenvalue weighted by Crippen LogP contribution is -2.39. The number of benzene rings is 1. The van der Waals surface area contributed by atoms with E-state index in [9.17, 15) is 4.79 Å². The maximum Gasteiger partial charge on any atom is 0.415 e. The average Bonchev–Trinajstić information content (AvgIpc) is 3.21. The van der Waals surface area contributed by atoms with E-state index < -0.39 is 0 Å². The average molecular weight is 378 g/mol. The summed E-state index contributed by atoms with van der Waals surface area (Å²) >= 11 is 0. The molecule has 2 aromatic heterocycles. The van der Waals surface area contributed by atoms with Crippen LogP contribution in [0.4, 0.5) is 4.79 Å². The summed E-state index contributed by atoms with van der Waals surface area (Å²) in [5, 5.41) is 4.09. The molecule has 0 N–H and O–H groups in total. The van der Waals surface area contributed by atoms with Crippen molar-refractivity contribution < 1.29 is 14.1 Å². The number of piperidine rings is 1. The number of nitrogens with zero attached hydrogens (tertiary/aromatic N) is 4. The van der Waals surface area contributed by atoms with Gasteiger partial charge in [-0.15, -0.1) is 0 Å². The van der Waals surface area contributed by atoms with Crippen molar-refractivity contribution in [1.29, 1.82) is 0 Å². The maximum atomic E-state index is 12.5. The quantitative estimate of drug-likeness (QED) is 0.682. The minimum absolute atomic E-state index is 0.150. The molecule has 144 valence electrons. The Balaban J connectivity index is 1.35. The van der Waals surface area contributed by atoms with Crippen molar-refractivity contribution in [3.63, 3.8) is 0 Å². The molecule has 7 heteroatoms. The molecule has 1 amide bonds. The number of hydrogen-bond acceptors (Lipinski definition) is 6. The van der Waals surface area contributed by atoms with E-state index >= 15 is 0 Å². The van der Waals surface area contributed by atoms with Crippen LogP contribution < -0.4 is 4.74 Å². The maximum absolute atomic E-state index is 12.5. The molecule has 0 unspecified atom stereocenters. The molecule has 3 aromatic rings. The molecule has 0 aliphatic carbocycles. The molecule has 1 saturated heterocycles. The van der Waals surface area contributed by atoms with Gasteiger partial charge in [-0.25, -0.2) is 4.79 Å². The number of pyridine rings is 1. The standard InChI is InChI=1S/C21H22N4O3/c1-14-8-9-18(15(2)22-14)27-21(26)25-12-10-17(11-13-25)20-23-19(24-28-20)16-6-4-3-5-7-16/h3-9,17H,10-13H2,1-2H3. The summed E-state index contributed by atoms with van der Waals surface area (Å²) < 4.78 is 11.0. The first-order chi connectivity index (χ1) is 13.6. The van der Waals surface area contributed by atoms with Crippen LogP contribution in [0.1, 0.15) is 36.0 Å². The normalized spacial score (nSPS) is 14.9. The van der Waals surface area contributed by atoms with Crippen molar-refractivity contribution in [1.82, 2.24) is 20.0 Å².